The van der Waals surface area contributed by atoms with Crippen molar-refractivity contribution in [3.8, 4) is 0 Å². The van der Waals surface area contributed by atoms with Crippen molar-refractivity contribution in [3.05, 3.63) is 76.0 Å². The molecule has 2 nitrogen and oxygen atoms in total. The fraction of sp³-hybridized carbons (Fsp3) is 0.211. The number of carbonyl (C=O) groups excluding carboxylic acids is 1. The van der Waals surface area contributed by atoms with Crippen molar-refractivity contribution in [2.24, 2.45) is 5.92 Å². The number of allylic oxidation sites excluding steroid dienone is 2. The Kier molecular flexibility index (Phi) is 4.69. The largest absolute Gasteiger partial charge is 0.363 e. The van der Waals surface area contributed by atoms with Crippen LogP contribution in [0.3, 0.4) is 0 Å². The monoisotopic (exact) mass is 343 g/mol. The van der Waals surface area contributed by atoms with Gasteiger partial charge in [0.2, 0.25) is 0 Å². The van der Waals surface area contributed by atoms with E-state index in [2.05, 4.69) is 24.4 Å². The van der Waals surface area contributed by atoms with Gasteiger partial charge >= 0.3 is 0 Å². The number of carbonyl (C=O) groups is 1. The molecular weight excluding hydrogens is 326 g/mol. The minimum absolute atomic E-state index is 0.0575. The van der Waals surface area contributed by atoms with Gasteiger partial charge in [0.25, 0.3) is 0 Å². The molecule has 0 aliphatic heterocycles. The first kappa shape index (κ1) is 16.0. The van der Waals surface area contributed by atoms with Crippen LogP contribution in [0.5, 0.6) is 0 Å². The molecule has 23 heavy (non-hydrogen) atoms. The van der Waals surface area contributed by atoms with Crippen LogP contribution in [0, 0.1) is 12.8 Å². The van der Waals surface area contributed by atoms with Crippen molar-refractivity contribution in [1.29, 1.82) is 0 Å². The predicted molar refractivity (Wildman–Crippen MR) is 98.6 cm³/mol. The van der Waals surface area contributed by atoms with Gasteiger partial charge in [-0.15, -0.1) is 0 Å². The number of anilines is 1. The maximum atomic E-state index is 11.2. The van der Waals surface area contributed by atoms with Crippen molar-refractivity contribution in [3.63, 3.8) is 0 Å². The highest BCUT2D eigenvalue weighted by atomic mass is 35.5. The number of aryl methyl sites for hydroxylation is 1. The zero-order valence-electron chi connectivity index (χ0n) is 12.8. The molecule has 1 aromatic heterocycles. The SMILES string of the molecule is Cc1ccccc1NC1(Cl)C=CC=CC1Cc1cscc1C=O. The molecule has 1 aliphatic rings. The molecule has 118 valence electrons. The van der Waals surface area contributed by atoms with Crippen molar-refractivity contribution < 1.29 is 4.79 Å². The molecule has 1 aliphatic carbocycles. The van der Waals surface area contributed by atoms with Gasteiger partial charge in [0.1, 0.15) is 5.00 Å². The maximum absolute atomic E-state index is 11.2. The standard InChI is InChI=1S/C19H18ClNOS/c1-14-6-2-3-8-18(14)21-19(20)9-5-4-7-17(19)10-15-12-23-13-16(15)11-22/h2-9,11-13,17,21H,10H2,1H3. The van der Waals surface area contributed by atoms with E-state index in [0.717, 1.165) is 35.1 Å². The second-order valence-corrected chi connectivity index (χ2v) is 7.10. The number of aldehydes is 1. The van der Waals surface area contributed by atoms with Gasteiger partial charge in [-0.25, -0.2) is 0 Å². The van der Waals surface area contributed by atoms with Crippen LogP contribution in [-0.2, 0) is 6.42 Å². The summed E-state index contributed by atoms with van der Waals surface area (Å²) in [6.07, 6.45) is 9.70. The molecule has 4 heteroatoms. The molecule has 0 radical (unpaired) electrons. The summed E-state index contributed by atoms with van der Waals surface area (Å²) in [6, 6.07) is 8.10. The highest BCUT2D eigenvalue weighted by Gasteiger charge is 2.35. The summed E-state index contributed by atoms with van der Waals surface area (Å²) in [6.45, 7) is 2.06. The lowest BCUT2D eigenvalue weighted by Gasteiger charge is -2.35. The number of hydrogen-bond acceptors (Lipinski definition) is 3. The number of thiophene rings is 1. The Morgan fingerprint density at radius 2 is 2.13 bits per heavy atom. The summed E-state index contributed by atoms with van der Waals surface area (Å²) in [4.78, 5) is 10.4. The van der Waals surface area contributed by atoms with Crippen LogP contribution in [0.15, 0.2) is 59.3 Å². The molecule has 2 unspecified atom stereocenters. The van der Waals surface area contributed by atoms with Gasteiger partial charge in [0, 0.05) is 22.5 Å². The third-order valence-corrected chi connectivity index (χ3v) is 5.46. The molecule has 0 spiro atoms. The summed E-state index contributed by atoms with van der Waals surface area (Å²) in [5.41, 5.74) is 3.98. The molecule has 0 amide bonds. The first-order valence-electron chi connectivity index (χ1n) is 7.51. The first-order valence-corrected chi connectivity index (χ1v) is 8.83. The van der Waals surface area contributed by atoms with Crippen LogP contribution in [0.1, 0.15) is 21.5 Å². The van der Waals surface area contributed by atoms with Crippen LogP contribution >= 0.6 is 22.9 Å². The zero-order chi connectivity index (χ0) is 16.3. The van der Waals surface area contributed by atoms with Crippen LogP contribution < -0.4 is 5.32 Å². The Bertz CT molecular complexity index is 764. The van der Waals surface area contributed by atoms with Crippen molar-refractivity contribution in [2.45, 2.75) is 18.3 Å². The summed E-state index contributed by atoms with van der Waals surface area (Å²) < 4.78 is 0. The number of rotatable bonds is 5. The molecule has 3 rings (SSSR count). The van der Waals surface area contributed by atoms with Crippen molar-refractivity contribution in [1.82, 2.24) is 0 Å². The van der Waals surface area contributed by atoms with E-state index < -0.39 is 5.00 Å². The zero-order valence-corrected chi connectivity index (χ0v) is 14.4. The van der Waals surface area contributed by atoms with Crippen LogP contribution in [0.25, 0.3) is 0 Å². The molecule has 1 heterocycles. The van der Waals surface area contributed by atoms with Crippen molar-refractivity contribution in [2.75, 3.05) is 5.32 Å². The van der Waals surface area contributed by atoms with Gasteiger partial charge in [0.15, 0.2) is 6.29 Å². The van der Waals surface area contributed by atoms with Crippen LogP contribution in [-0.4, -0.2) is 11.3 Å². The number of para-hydroxylation sites is 1. The third-order valence-electron chi connectivity index (χ3n) is 4.15. The Morgan fingerprint density at radius 3 is 2.91 bits per heavy atom. The Hall–Kier alpha value is -1.84. The molecule has 2 aromatic rings. The Morgan fingerprint density at radius 1 is 1.30 bits per heavy atom. The Labute approximate surface area is 145 Å². The van der Waals surface area contributed by atoms with E-state index in [0.29, 0.717) is 0 Å². The van der Waals surface area contributed by atoms with E-state index in [1.165, 1.54) is 0 Å². The normalized spacial score (nSPS) is 23.0. The molecule has 0 saturated heterocycles. The Balaban J connectivity index is 1.86. The summed E-state index contributed by atoms with van der Waals surface area (Å²) >= 11 is 8.48. The number of alkyl halides is 1. The fourth-order valence-corrected chi connectivity index (χ4v) is 3.91. The summed E-state index contributed by atoms with van der Waals surface area (Å²) in [7, 11) is 0. The highest BCUT2D eigenvalue weighted by molar-refractivity contribution is 7.08. The third kappa shape index (κ3) is 3.41. The molecule has 0 fully saturated rings. The van der Waals surface area contributed by atoms with Gasteiger partial charge in [-0.3, -0.25) is 4.79 Å². The average Bonchev–Trinajstić information content (AvgIpc) is 2.99. The van der Waals surface area contributed by atoms with Crippen LogP contribution in [0.4, 0.5) is 5.69 Å². The maximum Gasteiger partial charge on any atom is 0.151 e. The van der Waals surface area contributed by atoms with Crippen LogP contribution in [0.2, 0.25) is 0 Å². The molecule has 0 bridgehead atoms. The van der Waals surface area contributed by atoms with E-state index in [-0.39, 0.29) is 5.92 Å². The van der Waals surface area contributed by atoms with E-state index in [9.17, 15) is 4.79 Å². The molecule has 1 aromatic carbocycles. The average molecular weight is 344 g/mol. The fourth-order valence-electron chi connectivity index (χ4n) is 2.77. The lowest BCUT2D eigenvalue weighted by Crippen LogP contribution is -2.39. The summed E-state index contributed by atoms with van der Waals surface area (Å²) in [5, 5.41) is 7.38. The van der Waals surface area contributed by atoms with E-state index in [1.807, 2.05) is 47.2 Å². The topological polar surface area (TPSA) is 29.1 Å². The lowest BCUT2D eigenvalue weighted by molar-refractivity contribution is 0.112. The quantitative estimate of drug-likeness (QED) is 0.459. The minimum Gasteiger partial charge on any atom is -0.363 e. The number of benzene rings is 1. The molecule has 1 N–H and O–H groups in total. The second kappa shape index (κ2) is 6.73. The first-order chi connectivity index (χ1) is 11.1. The van der Waals surface area contributed by atoms with Gasteiger partial charge < -0.3 is 5.32 Å². The smallest absolute Gasteiger partial charge is 0.151 e. The van der Waals surface area contributed by atoms with Gasteiger partial charge in [-0.1, -0.05) is 48.0 Å². The van der Waals surface area contributed by atoms with Gasteiger partial charge in [-0.2, -0.15) is 11.3 Å². The molecule has 2 atom stereocenters. The van der Waals surface area contributed by atoms with Gasteiger partial charge in [0.05, 0.1) is 0 Å². The molecular formula is C19H18ClNOS. The number of nitrogens with one attached hydrogen (secondary N) is 1. The van der Waals surface area contributed by atoms with E-state index in [4.69, 9.17) is 11.6 Å². The second-order valence-electron chi connectivity index (χ2n) is 5.73. The highest BCUT2D eigenvalue weighted by Crippen LogP contribution is 2.36. The van der Waals surface area contributed by atoms with E-state index in [1.54, 1.807) is 11.3 Å². The number of halogens is 1. The van der Waals surface area contributed by atoms with Gasteiger partial charge in [-0.05, 0) is 42.0 Å². The predicted octanol–water partition coefficient (Wildman–Crippen LogP) is 5.20. The van der Waals surface area contributed by atoms with E-state index >= 15 is 0 Å². The lowest BCUT2D eigenvalue weighted by atomic mass is 9.87. The summed E-state index contributed by atoms with van der Waals surface area (Å²) in [5.74, 6) is 0.0575. The minimum atomic E-state index is -0.705. The number of hydrogen-bond donors (Lipinski definition) is 1. The molecule has 0 saturated carbocycles. The van der Waals surface area contributed by atoms with Crippen molar-refractivity contribution >= 4 is 34.9 Å².